The predicted octanol–water partition coefficient (Wildman–Crippen LogP) is 0.619. The zero-order valence-corrected chi connectivity index (χ0v) is 7.08. The first kappa shape index (κ1) is 8.51. The molecular weight excluding hydrogens is 140 g/mol. The van der Waals surface area contributed by atoms with E-state index in [-0.39, 0.29) is 6.10 Å². The summed E-state index contributed by atoms with van der Waals surface area (Å²) in [5, 5.41) is 8.49. The lowest BCUT2D eigenvalue weighted by molar-refractivity contribution is -0.0441. The van der Waals surface area contributed by atoms with Gasteiger partial charge in [0, 0.05) is 12.6 Å². The summed E-state index contributed by atoms with van der Waals surface area (Å²) in [5.74, 6) is 0. The van der Waals surface area contributed by atoms with Crippen LogP contribution in [0.25, 0.3) is 0 Å². The van der Waals surface area contributed by atoms with E-state index in [2.05, 4.69) is 17.9 Å². The molecule has 0 amide bonds. The second-order valence-electron chi connectivity index (χ2n) is 3.08. The number of hydrogen-bond donors (Lipinski definition) is 0. The lowest BCUT2D eigenvalue weighted by atomic mass is 10.2. The minimum Gasteiger partial charge on any atom is -0.376 e. The standard InChI is InChI=1S/C8H14N2O/c1-7-6-11-8(2)5-10(7)4-3-9/h7-8H,4-6H2,1-2H3/t7-,8+/m0/s1. The molecule has 3 heteroatoms. The quantitative estimate of drug-likeness (QED) is 0.519. The molecule has 0 bridgehead atoms. The van der Waals surface area contributed by atoms with E-state index in [1.165, 1.54) is 0 Å². The van der Waals surface area contributed by atoms with Gasteiger partial charge in [0.25, 0.3) is 0 Å². The Labute approximate surface area is 67.6 Å². The molecule has 3 nitrogen and oxygen atoms in total. The van der Waals surface area contributed by atoms with E-state index in [4.69, 9.17) is 10.00 Å². The van der Waals surface area contributed by atoms with Gasteiger partial charge in [-0.15, -0.1) is 0 Å². The highest BCUT2D eigenvalue weighted by Crippen LogP contribution is 2.09. The summed E-state index contributed by atoms with van der Waals surface area (Å²) in [6, 6.07) is 2.55. The fourth-order valence-electron chi connectivity index (χ4n) is 1.28. The number of hydrogen-bond acceptors (Lipinski definition) is 3. The molecule has 0 unspecified atom stereocenters. The van der Waals surface area contributed by atoms with Gasteiger partial charge in [0.15, 0.2) is 0 Å². The first-order valence-electron chi connectivity index (χ1n) is 3.96. The molecule has 2 atom stereocenters. The van der Waals surface area contributed by atoms with E-state index in [1.54, 1.807) is 0 Å². The number of rotatable bonds is 1. The van der Waals surface area contributed by atoms with Crippen LogP contribution in [0, 0.1) is 11.3 Å². The molecule has 1 aliphatic heterocycles. The predicted molar refractivity (Wildman–Crippen MR) is 42.1 cm³/mol. The van der Waals surface area contributed by atoms with E-state index in [9.17, 15) is 0 Å². The van der Waals surface area contributed by atoms with Crippen LogP contribution in [0.2, 0.25) is 0 Å². The van der Waals surface area contributed by atoms with Crippen molar-refractivity contribution in [1.82, 2.24) is 4.90 Å². The maximum absolute atomic E-state index is 8.49. The summed E-state index contributed by atoms with van der Waals surface area (Å²) in [7, 11) is 0. The Hall–Kier alpha value is -0.590. The lowest BCUT2D eigenvalue weighted by Crippen LogP contribution is -2.47. The van der Waals surface area contributed by atoms with Crippen molar-refractivity contribution in [3.8, 4) is 6.07 Å². The molecule has 62 valence electrons. The maximum Gasteiger partial charge on any atom is 0.0869 e. The normalized spacial score (nSPS) is 33.2. The topological polar surface area (TPSA) is 36.3 Å². The van der Waals surface area contributed by atoms with Crippen LogP contribution in [-0.4, -0.2) is 36.7 Å². The van der Waals surface area contributed by atoms with Crippen LogP contribution in [-0.2, 0) is 4.74 Å². The summed E-state index contributed by atoms with van der Waals surface area (Å²) < 4.78 is 5.42. The van der Waals surface area contributed by atoms with Crippen molar-refractivity contribution in [2.75, 3.05) is 19.7 Å². The van der Waals surface area contributed by atoms with Crippen molar-refractivity contribution >= 4 is 0 Å². The fraction of sp³-hybridized carbons (Fsp3) is 0.875. The van der Waals surface area contributed by atoms with Crippen molar-refractivity contribution < 1.29 is 4.74 Å². The third-order valence-electron chi connectivity index (χ3n) is 2.01. The number of nitrogens with zero attached hydrogens (tertiary/aromatic N) is 2. The van der Waals surface area contributed by atoms with Crippen molar-refractivity contribution in [3.63, 3.8) is 0 Å². The minimum absolute atomic E-state index is 0.277. The van der Waals surface area contributed by atoms with Crippen molar-refractivity contribution in [2.24, 2.45) is 0 Å². The second-order valence-corrected chi connectivity index (χ2v) is 3.08. The highest BCUT2D eigenvalue weighted by Gasteiger charge is 2.22. The number of nitriles is 1. The highest BCUT2D eigenvalue weighted by atomic mass is 16.5. The molecule has 0 spiro atoms. The SMILES string of the molecule is C[C@@H]1CN(CC#N)[C@@H](C)CO1. The molecule has 1 heterocycles. The Morgan fingerprint density at radius 3 is 3.00 bits per heavy atom. The summed E-state index contributed by atoms with van der Waals surface area (Å²) in [6.07, 6.45) is 0.277. The molecule has 0 aromatic heterocycles. The lowest BCUT2D eigenvalue weighted by Gasteiger charge is -2.34. The van der Waals surface area contributed by atoms with Crippen LogP contribution in [0.4, 0.5) is 0 Å². The van der Waals surface area contributed by atoms with E-state index >= 15 is 0 Å². The van der Waals surface area contributed by atoms with Gasteiger partial charge in [-0.25, -0.2) is 0 Å². The van der Waals surface area contributed by atoms with Gasteiger partial charge in [0.05, 0.1) is 25.3 Å². The van der Waals surface area contributed by atoms with Crippen LogP contribution in [0.3, 0.4) is 0 Å². The average Bonchev–Trinajstić information content (AvgIpc) is 1.98. The molecule has 1 fully saturated rings. The Kier molecular flexibility index (Phi) is 2.86. The molecular formula is C8H14N2O. The van der Waals surface area contributed by atoms with Gasteiger partial charge in [-0.3, -0.25) is 4.90 Å². The van der Waals surface area contributed by atoms with Crippen LogP contribution in [0.15, 0.2) is 0 Å². The van der Waals surface area contributed by atoms with Crippen molar-refractivity contribution in [2.45, 2.75) is 26.0 Å². The molecule has 1 aliphatic rings. The average molecular weight is 154 g/mol. The van der Waals surface area contributed by atoms with Gasteiger partial charge >= 0.3 is 0 Å². The second kappa shape index (κ2) is 3.70. The smallest absolute Gasteiger partial charge is 0.0869 e. The highest BCUT2D eigenvalue weighted by molar-refractivity contribution is 4.83. The summed E-state index contributed by atoms with van der Waals surface area (Å²) in [5.41, 5.74) is 0. The van der Waals surface area contributed by atoms with Crippen LogP contribution < -0.4 is 0 Å². The summed E-state index contributed by atoms with van der Waals surface area (Å²) in [6.45, 7) is 6.28. The molecule has 0 aromatic carbocycles. The molecule has 11 heavy (non-hydrogen) atoms. The van der Waals surface area contributed by atoms with E-state index < -0.39 is 0 Å². The minimum atomic E-state index is 0.277. The van der Waals surface area contributed by atoms with Gasteiger partial charge in [0.1, 0.15) is 0 Å². The first-order valence-corrected chi connectivity index (χ1v) is 3.96. The maximum atomic E-state index is 8.49. The van der Waals surface area contributed by atoms with Gasteiger partial charge in [-0.05, 0) is 13.8 Å². The molecule has 0 aliphatic carbocycles. The number of morpholine rings is 1. The zero-order chi connectivity index (χ0) is 8.27. The van der Waals surface area contributed by atoms with Crippen molar-refractivity contribution in [1.29, 1.82) is 5.26 Å². The third kappa shape index (κ3) is 2.18. The van der Waals surface area contributed by atoms with Gasteiger partial charge in [-0.1, -0.05) is 0 Å². The van der Waals surface area contributed by atoms with Crippen LogP contribution >= 0.6 is 0 Å². The Morgan fingerprint density at radius 2 is 2.36 bits per heavy atom. The van der Waals surface area contributed by atoms with Crippen molar-refractivity contribution in [3.05, 3.63) is 0 Å². The molecule has 0 N–H and O–H groups in total. The summed E-state index contributed by atoms with van der Waals surface area (Å²) >= 11 is 0. The fourth-order valence-corrected chi connectivity index (χ4v) is 1.28. The Morgan fingerprint density at radius 1 is 1.64 bits per heavy atom. The van der Waals surface area contributed by atoms with E-state index in [1.807, 2.05) is 6.92 Å². The van der Waals surface area contributed by atoms with Crippen LogP contribution in [0.1, 0.15) is 13.8 Å². The molecule has 1 saturated heterocycles. The number of ether oxygens (including phenoxy) is 1. The Bertz CT molecular complexity index is 164. The van der Waals surface area contributed by atoms with Crippen LogP contribution in [0.5, 0.6) is 0 Å². The molecule has 0 aromatic rings. The summed E-state index contributed by atoms with van der Waals surface area (Å²) in [4.78, 5) is 2.15. The van der Waals surface area contributed by atoms with Gasteiger partial charge < -0.3 is 4.74 Å². The van der Waals surface area contributed by atoms with Gasteiger partial charge in [0.2, 0.25) is 0 Å². The molecule has 0 saturated carbocycles. The third-order valence-corrected chi connectivity index (χ3v) is 2.01. The molecule has 0 radical (unpaired) electrons. The molecule has 1 rings (SSSR count). The monoisotopic (exact) mass is 154 g/mol. The van der Waals surface area contributed by atoms with E-state index in [0.29, 0.717) is 12.6 Å². The van der Waals surface area contributed by atoms with Gasteiger partial charge in [-0.2, -0.15) is 5.26 Å². The zero-order valence-electron chi connectivity index (χ0n) is 7.08. The van der Waals surface area contributed by atoms with E-state index in [0.717, 1.165) is 13.2 Å². The largest absolute Gasteiger partial charge is 0.376 e. The Balaban J connectivity index is 2.42. The first-order chi connectivity index (χ1) is 5.24.